The fourth-order valence-electron chi connectivity index (χ4n) is 5.68. The van der Waals surface area contributed by atoms with Gasteiger partial charge in [-0.05, 0) is 54.4 Å². The normalized spacial score (nSPS) is 23.8. The lowest BCUT2D eigenvalue weighted by molar-refractivity contribution is -0.195. The van der Waals surface area contributed by atoms with E-state index in [4.69, 9.17) is 21.8 Å². The number of morpholine rings is 1. The molecule has 3 atom stereocenters. The standard InChI is InChI=1S/C27H44N7O4P.CH4O/c1-19(2)34(20(3)4)39(36-14-10-13-28)37-17-27(6)16-32(22-11-8-7-9-12-22)15-23(38-27)33-18-29-24-25(33)30-21(5)31-26(24)35;1-2/h18-20,22-23H,7-12,14-17H2,1-6H3,(H,30,31,35);2H,1H3/t23-,27+,39?;/m1./s1/i6D;2T. The molecule has 1 aliphatic carbocycles. The topological polar surface area (TPSA) is 142 Å². The van der Waals surface area contributed by atoms with Gasteiger partial charge in [0, 0.05) is 39.7 Å². The molecule has 0 spiro atoms. The van der Waals surface area contributed by atoms with Crippen LogP contribution in [-0.2, 0) is 13.8 Å². The van der Waals surface area contributed by atoms with Crippen molar-refractivity contribution in [3.05, 3.63) is 22.5 Å². The summed E-state index contributed by atoms with van der Waals surface area (Å²) in [6.07, 6.45) is 7.27. The molecule has 1 saturated heterocycles. The maximum atomic E-state index is 12.5. The third-order valence-corrected chi connectivity index (χ3v) is 9.37. The number of rotatable bonds is 11. The maximum Gasteiger partial charge on any atom is 0.279 e. The Labute approximate surface area is 247 Å². The van der Waals surface area contributed by atoms with E-state index in [1.165, 1.54) is 26.4 Å². The van der Waals surface area contributed by atoms with Gasteiger partial charge in [-0.25, -0.2) is 14.6 Å². The molecule has 2 fully saturated rings. The van der Waals surface area contributed by atoms with Crippen molar-refractivity contribution >= 4 is 19.7 Å². The first-order valence-electron chi connectivity index (χ1n) is 15.6. The van der Waals surface area contributed by atoms with Gasteiger partial charge in [-0.1, -0.05) is 19.3 Å². The van der Waals surface area contributed by atoms with Crippen LogP contribution < -0.4 is 5.56 Å². The molecule has 1 unspecified atom stereocenters. The molecule has 0 amide bonds. The predicted molar refractivity (Wildman–Crippen MR) is 159 cm³/mol. The molecule has 0 bridgehead atoms. The zero-order valence-corrected chi connectivity index (χ0v) is 26.2. The summed E-state index contributed by atoms with van der Waals surface area (Å²) in [5.41, 5.74) is -0.453. The number of aromatic amines is 1. The van der Waals surface area contributed by atoms with Gasteiger partial charge >= 0.3 is 0 Å². The van der Waals surface area contributed by atoms with E-state index in [1.807, 2.05) is 4.57 Å². The number of fused-ring (bicyclic) bond motifs is 1. The minimum absolute atomic E-state index is 0.00286. The molecule has 2 N–H and O–H groups in total. The molecule has 230 valence electrons. The molecule has 2 aromatic rings. The highest BCUT2D eigenvalue weighted by Gasteiger charge is 2.42. The van der Waals surface area contributed by atoms with Crippen LogP contribution in [0.25, 0.3) is 11.2 Å². The number of hydrogen-bond acceptors (Lipinski definition) is 10. The smallest absolute Gasteiger partial charge is 0.279 e. The van der Waals surface area contributed by atoms with Crippen molar-refractivity contribution in [1.82, 2.24) is 29.1 Å². The summed E-state index contributed by atoms with van der Waals surface area (Å²) >= 11 is 0. The second-order valence-corrected chi connectivity index (χ2v) is 12.7. The zero-order chi connectivity index (χ0) is 31.6. The molecular formula is C28H48N7O5P. The molecule has 0 radical (unpaired) electrons. The minimum atomic E-state index is -1.48. The van der Waals surface area contributed by atoms with Crippen molar-refractivity contribution in [1.29, 1.82) is 6.69 Å². The van der Waals surface area contributed by atoms with Crippen molar-refractivity contribution in [2.45, 2.75) is 110 Å². The van der Waals surface area contributed by atoms with E-state index < -0.39 is 20.4 Å². The van der Waals surface area contributed by atoms with Gasteiger partial charge < -0.3 is 23.9 Å². The quantitative estimate of drug-likeness (QED) is 0.286. The Bertz CT molecular complexity index is 1230. The molecule has 13 heteroatoms. The lowest BCUT2D eigenvalue weighted by Gasteiger charge is -2.48. The summed E-state index contributed by atoms with van der Waals surface area (Å²) in [6, 6.07) is 2.88. The summed E-state index contributed by atoms with van der Waals surface area (Å²) in [7, 11) is -0.187. The second kappa shape index (κ2) is 15.5. The van der Waals surface area contributed by atoms with Crippen molar-refractivity contribution in [2.75, 3.05) is 33.4 Å². The van der Waals surface area contributed by atoms with Crippen molar-refractivity contribution in [3.63, 3.8) is 0 Å². The van der Waals surface area contributed by atoms with Gasteiger partial charge in [-0.2, -0.15) is 5.26 Å². The van der Waals surface area contributed by atoms with E-state index in [2.05, 4.69) is 63.4 Å². The molecule has 41 heavy (non-hydrogen) atoms. The van der Waals surface area contributed by atoms with Gasteiger partial charge in [0.05, 0.1) is 32.0 Å². The number of ether oxygens (including phenoxy) is 1. The molecule has 3 heterocycles. The van der Waals surface area contributed by atoms with E-state index in [0.29, 0.717) is 30.6 Å². The first-order chi connectivity index (χ1) is 20.6. The molecule has 0 aromatic carbocycles. The van der Waals surface area contributed by atoms with E-state index in [9.17, 15) is 4.79 Å². The number of H-pyrrole nitrogens is 1. The summed E-state index contributed by atoms with van der Waals surface area (Å²) in [6.45, 7) is 11.8. The Morgan fingerprint density at radius 3 is 2.71 bits per heavy atom. The lowest BCUT2D eigenvalue weighted by Crippen LogP contribution is -2.57. The number of nitriles is 1. The van der Waals surface area contributed by atoms with Gasteiger partial charge in [-0.15, -0.1) is 0 Å². The van der Waals surface area contributed by atoms with E-state index in [-0.39, 0.29) is 49.7 Å². The number of hydrogen-bond donors (Lipinski definition) is 2. The van der Waals surface area contributed by atoms with Crippen molar-refractivity contribution in [2.24, 2.45) is 0 Å². The Balaban J connectivity index is 0.00000162. The Kier molecular flexibility index (Phi) is 11.5. The number of aromatic nitrogens is 4. The third kappa shape index (κ3) is 8.54. The molecular weight excluding hydrogens is 545 g/mol. The van der Waals surface area contributed by atoms with Crippen LogP contribution in [0.2, 0.25) is 0 Å². The number of nitrogens with one attached hydrogen (secondary N) is 1. The van der Waals surface area contributed by atoms with E-state index >= 15 is 0 Å². The SMILES string of the molecule is [2H]C[C@@]1(COP(OCCC#N)N(C(C)C)C(C)C)CN(C2CCCCC2)C[C@H](n2cnc3c(=O)[nH]c(C)nc32)O1.[3H]OC. The molecule has 1 saturated carbocycles. The van der Waals surface area contributed by atoms with Gasteiger partial charge in [0.2, 0.25) is 1.43 Å². The fourth-order valence-corrected chi connectivity index (χ4v) is 7.37. The van der Waals surface area contributed by atoms with Crippen LogP contribution in [0.15, 0.2) is 11.1 Å². The Morgan fingerprint density at radius 2 is 2.07 bits per heavy atom. The number of nitrogens with zero attached hydrogens (tertiary/aromatic N) is 6. The number of aliphatic hydroxyl groups is 1. The summed E-state index contributed by atoms with van der Waals surface area (Å²) in [5, 5.41) is 12.6. The average Bonchev–Trinajstić information content (AvgIpc) is 3.40. The Morgan fingerprint density at radius 1 is 1.37 bits per heavy atom. The van der Waals surface area contributed by atoms with Crippen LogP contribution in [0.3, 0.4) is 0 Å². The van der Waals surface area contributed by atoms with Gasteiger partial charge in [0.1, 0.15) is 17.7 Å². The molecule has 12 nitrogen and oxygen atoms in total. The Hall–Kier alpha value is -1.97. The van der Waals surface area contributed by atoms with E-state index in [0.717, 1.165) is 12.8 Å². The summed E-state index contributed by atoms with van der Waals surface area (Å²) < 4.78 is 37.8. The highest BCUT2D eigenvalue weighted by atomic mass is 31.2. The van der Waals surface area contributed by atoms with Crippen LogP contribution in [0.5, 0.6) is 0 Å². The van der Waals surface area contributed by atoms with Crippen LogP contribution in [0.4, 0.5) is 0 Å². The highest BCUT2D eigenvalue weighted by molar-refractivity contribution is 7.44. The maximum absolute atomic E-state index is 12.5. The molecule has 4 rings (SSSR count). The average molecular weight is 597 g/mol. The van der Waals surface area contributed by atoms with Crippen LogP contribution >= 0.6 is 8.53 Å². The van der Waals surface area contributed by atoms with Crippen LogP contribution in [0, 0.1) is 18.3 Å². The van der Waals surface area contributed by atoms with Crippen molar-refractivity contribution in [3.8, 4) is 6.07 Å². The second-order valence-electron chi connectivity index (χ2n) is 11.3. The van der Waals surface area contributed by atoms with Gasteiger partial charge in [0.15, 0.2) is 11.2 Å². The summed E-state index contributed by atoms with van der Waals surface area (Å²) in [5.74, 6) is 0.511. The third-order valence-electron chi connectivity index (χ3n) is 7.32. The fraction of sp³-hybridized carbons (Fsp3) is 0.786. The minimum Gasteiger partial charge on any atom is -0.400 e. The zero-order valence-electron chi connectivity index (χ0n) is 27.3. The number of imidazole rings is 1. The predicted octanol–water partition coefficient (Wildman–Crippen LogP) is 4.25. The monoisotopic (exact) mass is 596 g/mol. The van der Waals surface area contributed by atoms with Crippen molar-refractivity contribution < 1.29 is 20.3 Å². The number of aryl methyl sites for hydroxylation is 1. The van der Waals surface area contributed by atoms with Crippen LogP contribution in [-0.4, -0.2) is 92.8 Å². The van der Waals surface area contributed by atoms with Gasteiger partial charge in [-0.3, -0.25) is 14.3 Å². The summed E-state index contributed by atoms with van der Waals surface area (Å²) in [4.78, 5) is 26.6. The molecule has 2 aliphatic rings. The van der Waals surface area contributed by atoms with Crippen LogP contribution in [0.1, 0.15) is 86.5 Å². The first kappa shape index (κ1) is 30.5. The number of aliphatic hydroxyl groups excluding tert-OH is 1. The lowest BCUT2D eigenvalue weighted by atomic mass is 9.92. The molecule has 1 aliphatic heterocycles. The molecule has 2 aromatic heterocycles. The highest BCUT2D eigenvalue weighted by Crippen LogP contribution is 2.47. The first-order valence-corrected chi connectivity index (χ1v) is 15.6. The van der Waals surface area contributed by atoms with E-state index in [1.54, 1.807) is 13.3 Å². The largest absolute Gasteiger partial charge is 0.400 e. The van der Waals surface area contributed by atoms with Gasteiger partial charge in [0.25, 0.3) is 14.1 Å².